The predicted molar refractivity (Wildman–Crippen MR) is 141 cm³/mol. The van der Waals surface area contributed by atoms with Crippen molar-refractivity contribution in [3.05, 3.63) is 58.4 Å². The molecule has 222 valence electrons. The van der Waals surface area contributed by atoms with E-state index in [1.807, 2.05) is 0 Å². The smallest absolute Gasteiger partial charge is 0.307 e. The Morgan fingerprint density at radius 3 is 2.27 bits per heavy atom. The average molecular weight is 617 g/mol. The van der Waals surface area contributed by atoms with Crippen molar-refractivity contribution < 1.29 is 45.8 Å². The molecule has 2 fully saturated rings. The highest BCUT2D eigenvalue weighted by Gasteiger charge is 2.56. The largest absolute Gasteiger partial charge is 0.469 e. The first-order chi connectivity index (χ1) is 19.3. The molecule has 0 saturated heterocycles. The zero-order chi connectivity index (χ0) is 30.1. The third-order valence-electron chi connectivity index (χ3n) is 7.88. The third kappa shape index (κ3) is 6.36. The van der Waals surface area contributed by atoms with Crippen LogP contribution in [0.5, 0.6) is 0 Å². The van der Waals surface area contributed by atoms with Crippen LogP contribution in [0, 0.1) is 29.3 Å². The summed E-state index contributed by atoms with van der Waals surface area (Å²) in [6.07, 6.45) is 0.894. The van der Waals surface area contributed by atoms with E-state index in [4.69, 9.17) is 11.6 Å². The van der Waals surface area contributed by atoms with Crippen LogP contribution in [0.25, 0.3) is 0 Å². The maximum Gasteiger partial charge on any atom is 0.307 e. The number of carbonyl (C=O) groups is 3. The number of nitrogens with one attached hydrogen (secondary N) is 2. The van der Waals surface area contributed by atoms with Crippen molar-refractivity contribution >= 4 is 44.9 Å². The Morgan fingerprint density at radius 2 is 1.68 bits per heavy atom. The van der Waals surface area contributed by atoms with Crippen molar-refractivity contribution in [3.63, 3.8) is 0 Å². The van der Waals surface area contributed by atoms with E-state index < -0.39 is 67.8 Å². The molecule has 0 spiro atoms. The number of esters is 1. The number of anilines is 1. The second-order valence-electron chi connectivity index (χ2n) is 10.3. The van der Waals surface area contributed by atoms with E-state index in [1.54, 1.807) is 0 Å². The van der Waals surface area contributed by atoms with E-state index in [-0.39, 0.29) is 53.4 Å². The SMILES string of the molecule is COC(=O)CCNC(=O)C[C@]1(O)C2CCC1C[C@@H](S(=O)(=O)c1cc(C(=O)Nc3cc(F)c(F)c(F)c3)ccc1Cl)C2. The molecular formula is C27H28ClF3N2O7S. The molecule has 2 unspecified atom stereocenters. The lowest BCUT2D eigenvalue weighted by Crippen LogP contribution is -2.50. The summed E-state index contributed by atoms with van der Waals surface area (Å²) >= 11 is 6.23. The number of aliphatic hydroxyl groups is 1. The van der Waals surface area contributed by atoms with Gasteiger partial charge in [0.1, 0.15) is 0 Å². The maximum atomic E-state index is 13.7. The molecule has 0 radical (unpaired) electrons. The Hall–Kier alpha value is -3.16. The number of amides is 2. The number of sulfone groups is 1. The van der Waals surface area contributed by atoms with Crippen LogP contribution in [0.3, 0.4) is 0 Å². The van der Waals surface area contributed by atoms with Crippen molar-refractivity contribution in [3.8, 4) is 0 Å². The van der Waals surface area contributed by atoms with Crippen LogP contribution in [-0.2, 0) is 24.2 Å². The highest BCUT2D eigenvalue weighted by Crippen LogP contribution is 2.53. The van der Waals surface area contributed by atoms with Gasteiger partial charge < -0.3 is 20.5 Å². The molecule has 2 amide bonds. The fourth-order valence-electron chi connectivity index (χ4n) is 5.75. The molecular weight excluding hydrogens is 589 g/mol. The van der Waals surface area contributed by atoms with Crippen LogP contribution in [-0.4, -0.2) is 55.8 Å². The van der Waals surface area contributed by atoms with E-state index in [0.29, 0.717) is 25.0 Å². The second kappa shape index (κ2) is 12.0. The first-order valence-corrected chi connectivity index (χ1v) is 14.7. The van der Waals surface area contributed by atoms with Crippen LogP contribution >= 0.6 is 11.6 Å². The Bertz CT molecular complexity index is 1450. The number of ether oxygens (including phenoxy) is 1. The molecule has 2 bridgehead atoms. The van der Waals surface area contributed by atoms with Gasteiger partial charge >= 0.3 is 5.97 Å². The summed E-state index contributed by atoms with van der Waals surface area (Å²) in [5.74, 6) is -7.54. The molecule has 2 aromatic carbocycles. The van der Waals surface area contributed by atoms with Gasteiger partial charge in [-0.2, -0.15) is 0 Å². The molecule has 2 atom stereocenters. The van der Waals surface area contributed by atoms with Gasteiger partial charge in [-0.25, -0.2) is 21.6 Å². The van der Waals surface area contributed by atoms with Crippen LogP contribution in [0.15, 0.2) is 35.2 Å². The van der Waals surface area contributed by atoms with Gasteiger partial charge in [-0.15, -0.1) is 0 Å². The van der Waals surface area contributed by atoms with Crippen LogP contribution in [0.2, 0.25) is 5.02 Å². The van der Waals surface area contributed by atoms with E-state index in [2.05, 4.69) is 15.4 Å². The highest BCUT2D eigenvalue weighted by atomic mass is 35.5. The molecule has 41 heavy (non-hydrogen) atoms. The number of methoxy groups -OCH3 is 1. The number of halogens is 4. The Kier molecular flexibility index (Phi) is 9.00. The maximum absolute atomic E-state index is 13.7. The Balaban J connectivity index is 1.48. The number of fused-ring (bicyclic) bond motifs is 2. The van der Waals surface area contributed by atoms with Gasteiger partial charge in [0.25, 0.3) is 5.91 Å². The molecule has 4 rings (SSSR count). The van der Waals surface area contributed by atoms with Crippen molar-refractivity contribution in [1.82, 2.24) is 5.32 Å². The van der Waals surface area contributed by atoms with Crippen LogP contribution < -0.4 is 10.6 Å². The number of carbonyl (C=O) groups excluding carboxylic acids is 3. The molecule has 14 heteroatoms. The molecule has 2 aromatic rings. The van der Waals surface area contributed by atoms with E-state index >= 15 is 0 Å². The van der Waals surface area contributed by atoms with Gasteiger partial charge in [-0.1, -0.05) is 11.6 Å². The van der Waals surface area contributed by atoms with Crippen LogP contribution in [0.1, 0.15) is 48.9 Å². The van der Waals surface area contributed by atoms with E-state index in [1.165, 1.54) is 19.2 Å². The zero-order valence-electron chi connectivity index (χ0n) is 21.9. The summed E-state index contributed by atoms with van der Waals surface area (Å²) in [6.45, 7) is 0.0430. The van der Waals surface area contributed by atoms with Gasteiger partial charge in [0.05, 0.1) is 40.7 Å². The third-order valence-corrected chi connectivity index (χ3v) is 10.5. The zero-order valence-corrected chi connectivity index (χ0v) is 23.5. The average Bonchev–Trinajstić information content (AvgIpc) is 3.07. The first-order valence-electron chi connectivity index (χ1n) is 12.8. The Morgan fingerprint density at radius 1 is 1.07 bits per heavy atom. The van der Waals surface area contributed by atoms with Gasteiger partial charge in [0, 0.05) is 29.9 Å². The normalized spacial score (nSPS) is 23.6. The van der Waals surface area contributed by atoms with Crippen molar-refractivity contribution in [2.45, 2.75) is 54.3 Å². The summed E-state index contributed by atoms with van der Waals surface area (Å²) < 4.78 is 72.2. The van der Waals surface area contributed by atoms with Gasteiger partial charge in [0.2, 0.25) is 5.91 Å². The van der Waals surface area contributed by atoms with Crippen LogP contribution in [0.4, 0.5) is 18.9 Å². The minimum absolute atomic E-state index is 0.0244. The van der Waals surface area contributed by atoms with Gasteiger partial charge in [-0.05, 0) is 55.7 Å². The minimum Gasteiger partial charge on any atom is -0.469 e. The lowest BCUT2D eigenvalue weighted by atomic mass is 9.72. The fraction of sp³-hybridized carbons (Fsp3) is 0.444. The number of benzene rings is 2. The highest BCUT2D eigenvalue weighted by molar-refractivity contribution is 7.92. The number of hydrogen-bond acceptors (Lipinski definition) is 7. The second-order valence-corrected chi connectivity index (χ2v) is 12.9. The fourth-order valence-corrected chi connectivity index (χ4v) is 8.15. The molecule has 2 saturated carbocycles. The molecule has 2 aliphatic rings. The summed E-state index contributed by atoms with van der Waals surface area (Å²) in [7, 11) is -2.89. The van der Waals surface area contributed by atoms with Gasteiger partial charge in [-0.3, -0.25) is 14.4 Å². The number of hydrogen-bond donors (Lipinski definition) is 3. The first kappa shape index (κ1) is 30.8. The molecule has 0 aliphatic heterocycles. The van der Waals surface area contributed by atoms with Gasteiger partial charge in [0.15, 0.2) is 27.3 Å². The molecule has 9 nitrogen and oxygen atoms in total. The summed E-state index contributed by atoms with van der Waals surface area (Å²) in [4.78, 5) is 36.2. The topological polar surface area (TPSA) is 139 Å². The summed E-state index contributed by atoms with van der Waals surface area (Å²) in [6, 6.07) is 4.67. The van der Waals surface area contributed by atoms with Crippen molar-refractivity contribution in [1.29, 1.82) is 0 Å². The van der Waals surface area contributed by atoms with Crippen molar-refractivity contribution in [2.75, 3.05) is 19.0 Å². The molecule has 2 aliphatic carbocycles. The monoisotopic (exact) mass is 616 g/mol. The lowest BCUT2D eigenvalue weighted by Gasteiger charge is -2.42. The molecule has 0 heterocycles. The Labute approximate surface area is 239 Å². The quantitative estimate of drug-likeness (QED) is 0.288. The predicted octanol–water partition coefficient (Wildman–Crippen LogP) is 3.77. The van der Waals surface area contributed by atoms with Crippen molar-refractivity contribution in [2.24, 2.45) is 11.8 Å². The summed E-state index contributed by atoms with van der Waals surface area (Å²) in [5.41, 5.74) is -1.95. The van der Waals surface area contributed by atoms with E-state index in [0.717, 1.165) is 6.07 Å². The van der Waals surface area contributed by atoms with E-state index in [9.17, 15) is 41.1 Å². The molecule has 0 aromatic heterocycles. The minimum atomic E-state index is -4.12. The summed E-state index contributed by atoms with van der Waals surface area (Å²) in [5, 5.41) is 15.1. The lowest BCUT2D eigenvalue weighted by molar-refractivity contribution is -0.140. The standard InChI is InChI=1S/C27H28ClF3N2O7S/c1-40-24(35)6-7-32-23(34)13-27(37)15-3-4-16(27)10-18(9-15)41(38,39)22-8-14(2-5-19(22)28)26(36)33-17-11-20(29)25(31)21(30)12-17/h2,5,8,11-12,15-16,18,37H,3-4,6-7,9-10,13H2,1H3,(H,32,34)(H,33,36)/t15?,16?,18-,27-. The molecule has 3 N–H and O–H groups in total. The number of rotatable bonds is 9.